The number of benzene rings is 2. The van der Waals surface area contributed by atoms with Gasteiger partial charge in [0, 0.05) is 35.8 Å². The van der Waals surface area contributed by atoms with Crippen molar-refractivity contribution in [2.24, 2.45) is 0 Å². The fourth-order valence-electron chi connectivity index (χ4n) is 5.17. The molecule has 0 bridgehead atoms. The summed E-state index contributed by atoms with van der Waals surface area (Å²) in [7, 11) is 1.34. The number of ether oxygens (including phenoxy) is 2. The first-order chi connectivity index (χ1) is 16.0. The van der Waals surface area contributed by atoms with Gasteiger partial charge in [-0.05, 0) is 61.7 Å². The van der Waals surface area contributed by atoms with Crippen LogP contribution in [-0.4, -0.2) is 47.4 Å². The van der Waals surface area contributed by atoms with Gasteiger partial charge in [-0.15, -0.1) is 0 Å². The number of esters is 1. The lowest BCUT2D eigenvalue weighted by atomic mass is 9.82. The van der Waals surface area contributed by atoms with E-state index in [0.29, 0.717) is 24.3 Å². The van der Waals surface area contributed by atoms with Crippen molar-refractivity contribution in [1.82, 2.24) is 9.88 Å². The van der Waals surface area contributed by atoms with E-state index in [0.717, 1.165) is 30.5 Å². The third-order valence-electron chi connectivity index (χ3n) is 6.91. The number of piperidine rings is 1. The van der Waals surface area contributed by atoms with E-state index in [1.54, 1.807) is 12.1 Å². The third-order valence-corrected chi connectivity index (χ3v) is 6.91. The molecule has 6 nitrogen and oxygen atoms in total. The number of nitrogens with one attached hydrogen (secondary N) is 1. The van der Waals surface area contributed by atoms with Gasteiger partial charge in [-0.25, -0.2) is 4.79 Å². The number of carbonyl (C=O) groups excluding carboxylic acids is 2. The number of likely N-dealkylation sites (tertiary alicyclic amines) is 1. The molecule has 1 N–H and O–H groups in total. The Morgan fingerprint density at radius 2 is 2.12 bits per heavy atom. The summed E-state index contributed by atoms with van der Waals surface area (Å²) in [6, 6.07) is 14.1. The second-order valence-electron chi connectivity index (χ2n) is 9.04. The van der Waals surface area contributed by atoms with Gasteiger partial charge in [0.05, 0.1) is 19.1 Å². The molecule has 3 aromatic rings. The van der Waals surface area contributed by atoms with Crippen molar-refractivity contribution in [2.45, 2.75) is 37.8 Å². The maximum Gasteiger partial charge on any atom is 0.330 e. The summed E-state index contributed by atoms with van der Waals surface area (Å²) in [6.45, 7) is 3.92. The summed E-state index contributed by atoms with van der Waals surface area (Å²) in [6.07, 6.45) is 7.30. The lowest BCUT2D eigenvalue weighted by Gasteiger charge is -2.46. The van der Waals surface area contributed by atoms with Crippen molar-refractivity contribution in [2.75, 3.05) is 20.2 Å². The largest absolute Gasteiger partial charge is 0.485 e. The molecule has 33 heavy (non-hydrogen) atoms. The van der Waals surface area contributed by atoms with Gasteiger partial charge in [0.25, 0.3) is 0 Å². The van der Waals surface area contributed by atoms with Gasteiger partial charge in [0.15, 0.2) is 5.78 Å². The van der Waals surface area contributed by atoms with E-state index in [2.05, 4.69) is 45.9 Å². The van der Waals surface area contributed by atoms with Crippen molar-refractivity contribution < 1.29 is 19.1 Å². The maximum atomic E-state index is 13.2. The molecule has 0 radical (unpaired) electrons. The number of hydrogen-bond donors (Lipinski definition) is 1. The molecule has 0 aliphatic carbocycles. The summed E-state index contributed by atoms with van der Waals surface area (Å²) in [5, 5.41) is 1.24. The minimum atomic E-state index is -0.508. The SMILES string of the molecule is COC(=O)/C=C/c1ccc2c(c1)C(=O)CC1(CCCN(C(C)c3c[nH]c4ccccc34)C1)O2. The molecule has 2 aliphatic heterocycles. The number of ketones is 1. The zero-order valence-electron chi connectivity index (χ0n) is 19.0. The molecule has 2 unspecified atom stereocenters. The maximum absolute atomic E-state index is 13.2. The average Bonchev–Trinajstić information content (AvgIpc) is 3.26. The van der Waals surface area contributed by atoms with E-state index in [9.17, 15) is 9.59 Å². The van der Waals surface area contributed by atoms with Crippen LogP contribution in [0.25, 0.3) is 17.0 Å². The Labute approximate surface area is 193 Å². The molecule has 1 saturated heterocycles. The molecule has 6 heteroatoms. The van der Waals surface area contributed by atoms with Crippen LogP contribution in [-0.2, 0) is 9.53 Å². The lowest BCUT2D eigenvalue weighted by Crippen LogP contribution is -2.55. The summed E-state index contributed by atoms with van der Waals surface area (Å²) in [5.41, 5.74) is 3.25. The Hall–Kier alpha value is -3.38. The van der Waals surface area contributed by atoms with Crippen LogP contribution in [0.5, 0.6) is 5.75 Å². The highest BCUT2D eigenvalue weighted by molar-refractivity contribution is 6.01. The Balaban J connectivity index is 1.37. The molecular weight excluding hydrogens is 416 g/mol. The number of aromatic amines is 1. The van der Waals surface area contributed by atoms with Crippen LogP contribution in [0, 0.1) is 0 Å². The molecule has 2 atom stereocenters. The van der Waals surface area contributed by atoms with Gasteiger partial charge < -0.3 is 14.5 Å². The molecule has 2 aromatic carbocycles. The number of aromatic nitrogens is 1. The quantitative estimate of drug-likeness (QED) is 0.457. The van der Waals surface area contributed by atoms with E-state index in [4.69, 9.17) is 4.74 Å². The Bertz CT molecular complexity index is 1240. The number of methoxy groups -OCH3 is 1. The van der Waals surface area contributed by atoms with Crippen LogP contribution >= 0.6 is 0 Å². The second kappa shape index (κ2) is 8.52. The first-order valence-corrected chi connectivity index (χ1v) is 11.4. The summed E-state index contributed by atoms with van der Waals surface area (Å²) < 4.78 is 11.2. The van der Waals surface area contributed by atoms with E-state index in [1.165, 1.54) is 24.1 Å². The van der Waals surface area contributed by atoms with Crippen molar-refractivity contribution in [3.05, 3.63) is 71.4 Å². The average molecular weight is 445 g/mol. The monoisotopic (exact) mass is 444 g/mol. The van der Waals surface area contributed by atoms with Crippen LogP contribution in [0.4, 0.5) is 0 Å². The highest BCUT2D eigenvalue weighted by Crippen LogP contribution is 2.41. The Morgan fingerprint density at radius 1 is 1.27 bits per heavy atom. The summed E-state index contributed by atoms with van der Waals surface area (Å²) >= 11 is 0. The highest BCUT2D eigenvalue weighted by Gasteiger charge is 2.44. The van der Waals surface area contributed by atoms with Gasteiger partial charge in [0.2, 0.25) is 0 Å². The summed E-state index contributed by atoms with van der Waals surface area (Å²) in [5.74, 6) is 0.287. The minimum Gasteiger partial charge on any atom is -0.485 e. The molecule has 0 amide bonds. The number of para-hydroxylation sites is 1. The fraction of sp³-hybridized carbons (Fsp3) is 0.333. The number of H-pyrrole nitrogens is 1. The standard InChI is InChI=1S/C27H28N2O4/c1-18(22-16-28-23-7-4-3-6-20(22)23)29-13-5-12-27(17-29)15-24(30)21-14-19(8-10-25(21)33-27)9-11-26(31)32-2/h3-4,6-11,14,16,18,28H,5,12-13,15,17H2,1-2H3/b11-9+. The van der Waals surface area contributed by atoms with Gasteiger partial charge in [0.1, 0.15) is 11.4 Å². The third kappa shape index (κ3) is 4.07. The van der Waals surface area contributed by atoms with E-state index < -0.39 is 11.6 Å². The predicted octanol–water partition coefficient (Wildman–Crippen LogP) is 4.92. The van der Waals surface area contributed by atoms with Crippen LogP contribution in [0.3, 0.4) is 0 Å². The smallest absolute Gasteiger partial charge is 0.330 e. The summed E-state index contributed by atoms with van der Waals surface area (Å²) in [4.78, 5) is 30.4. The highest BCUT2D eigenvalue weighted by atomic mass is 16.5. The van der Waals surface area contributed by atoms with Crippen LogP contribution in [0.2, 0.25) is 0 Å². The molecule has 2 aliphatic rings. The molecule has 1 fully saturated rings. The number of carbonyl (C=O) groups is 2. The van der Waals surface area contributed by atoms with Gasteiger partial charge in [-0.2, -0.15) is 0 Å². The molecular formula is C27H28N2O4. The topological polar surface area (TPSA) is 71.6 Å². The molecule has 170 valence electrons. The molecule has 1 spiro atoms. The second-order valence-corrected chi connectivity index (χ2v) is 9.04. The van der Waals surface area contributed by atoms with E-state index in [-0.39, 0.29) is 11.8 Å². The van der Waals surface area contributed by atoms with Gasteiger partial charge >= 0.3 is 5.97 Å². The van der Waals surface area contributed by atoms with Crippen molar-refractivity contribution in [3.63, 3.8) is 0 Å². The zero-order chi connectivity index (χ0) is 23.0. The first kappa shape index (κ1) is 21.5. The minimum absolute atomic E-state index is 0.0890. The molecule has 5 rings (SSSR count). The van der Waals surface area contributed by atoms with Crippen LogP contribution in [0.1, 0.15) is 53.7 Å². The normalized spacial score (nSPS) is 21.8. The Morgan fingerprint density at radius 3 is 2.97 bits per heavy atom. The predicted molar refractivity (Wildman–Crippen MR) is 127 cm³/mol. The van der Waals surface area contributed by atoms with Crippen molar-refractivity contribution in [1.29, 1.82) is 0 Å². The number of Topliss-reactive ketones (excluding diaryl/α,β-unsaturated/α-hetero) is 1. The van der Waals surface area contributed by atoms with Crippen molar-refractivity contribution in [3.8, 4) is 5.75 Å². The zero-order valence-corrected chi connectivity index (χ0v) is 19.0. The van der Waals surface area contributed by atoms with Crippen LogP contribution in [0.15, 0.2) is 54.7 Å². The Kier molecular flexibility index (Phi) is 5.54. The number of hydrogen-bond acceptors (Lipinski definition) is 5. The van der Waals surface area contributed by atoms with Crippen LogP contribution < -0.4 is 4.74 Å². The first-order valence-electron chi connectivity index (χ1n) is 11.4. The molecule has 1 aromatic heterocycles. The number of nitrogens with zero attached hydrogens (tertiary/aromatic N) is 1. The van der Waals surface area contributed by atoms with E-state index >= 15 is 0 Å². The number of fused-ring (bicyclic) bond motifs is 2. The lowest BCUT2D eigenvalue weighted by molar-refractivity contribution is -0.134. The number of rotatable bonds is 4. The van der Waals surface area contributed by atoms with Gasteiger partial charge in [-0.1, -0.05) is 24.3 Å². The van der Waals surface area contributed by atoms with E-state index in [1.807, 2.05) is 18.2 Å². The molecule has 3 heterocycles. The molecule has 0 saturated carbocycles. The van der Waals surface area contributed by atoms with Crippen molar-refractivity contribution >= 4 is 28.7 Å². The van der Waals surface area contributed by atoms with Gasteiger partial charge in [-0.3, -0.25) is 9.69 Å². The fourth-order valence-corrected chi connectivity index (χ4v) is 5.17.